The average molecular weight is 316 g/mol. The smallest absolute Gasteiger partial charge is 0.261 e. The van der Waals surface area contributed by atoms with Gasteiger partial charge in [-0.1, -0.05) is 0 Å². The van der Waals surface area contributed by atoms with Crippen molar-refractivity contribution in [3.63, 3.8) is 0 Å². The molecule has 1 atom stereocenters. The van der Waals surface area contributed by atoms with E-state index in [9.17, 15) is 13.2 Å². The van der Waals surface area contributed by atoms with Crippen LogP contribution in [0.4, 0.5) is 0 Å². The third-order valence-corrected chi connectivity index (χ3v) is 5.18. The molecule has 0 aromatic carbocycles. The fourth-order valence-electron chi connectivity index (χ4n) is 1.99. The van der Waals surface area contributed by atoms with E-state index in [4.69, 9.17) is 0 Å². The Labute approximate surface area is 123 Å². The Balaban J connectivity index is 1.83. The first kappa shape index (κ1) is 15.5. The molecule has 0 radical (unpaired) electrons. The monoisotopic (exact) mass is 316 g/mol. The molecular formula is C13H20N2O3S2. The number of hydrogen-bond acceptors (Lipinski definition) is 4. The van der Waals surface area contributed by atoms with Crippen molar-refractivity contribution in [1.82, 2.24) is 10.0 Å². The van der Waals surface area contributed by atoms with Crippen LogP contribution in [0.25, 0.3) is 0 Å². The van der Waals surface area contributed by atoms with E-state index >= 15 is 0 Å². The molecule has 1 saturated carbocycles. The second-order valence-electron chi connectivity index (χ2n) is 5.28. The fourth-order valence-corrected chi connectivity index (χ4v) is 3.37. The molecule has 2 rings (SSSR count). The summed E-state index contributed by atoms with van der Waals surface area (Å²) in [7, 11) is -3.15. The van der Waals surface area contributed by atoms with Gasteiger partial charge >= 0.3 is 0 Å². The lowest BCUT2D eigenvalue weighted by atomic mass is 10.2. The zero-order valence-corrected chi connectivity index (χ0v) is 13.3. The Bertz CT molecular complexity index is 576. The van der Waals surface area contributed by atoms with Crippen LogP contribution >= 0.6 is 11.3 Å². The summed E-state index contributed by atoms with van der Waals surface area (Å²) >= 11 is 1.42. The summed E-state index contributed by atoms with van der Waals surface area (Å²) in [5.41, 5.74) is 0. The molecule has 0 bridgehead atoms. The lowest BCUT2D eigenvalue weighted by Gasteiger charge is -2.11. The minimum atomic E-state index is -3.15. The molecule has 1 aromatic rings. The van der Waals surface area contributed by atoms with Crippen molar-refractivity contribution in [3.8, 4) is 0 Å². The van der Waals surface area contributed by atoms with Crippen molar-refractivity contribution in [3.05, 3.63) is 21.9 Å². The standard InChI is InChI=1S/C13H20N2O3S2/c1-9(10-3-4-10)15-13(16)12-6-5-11(19-12)7-8-14-20(2,17)18/h5-6,9-10,14H,3-4,7-8H2,1-2H3,(H,15,16). The number of rotatable bonds is 7. The third-order valence-electron chi connectivity index (χ3n) is 3.31. The first-order valence-electron chi connectivity index (χ1n) is 6.69. The quantitative estimate of drug-likeness (QED) is 0.798. The predicted octanol–water partition coefficient (Wildman–Crippen LogP) is 1.37. The summed E-state index contributed by atoms with van der Waals surface area (Å²) < 4.78 is 24.4. The van der Waals surface area contributed by atoms with Crippen LogP contribution in [0, 0.1) is 5.92 Å². The van der Waals surface area contributed by atoms with Crippen molar-refractivity contribution in [2.24, 2.45) is 5.92 Å². The third kappa shape index (κ3) is 4.88. The van der Waals surface area contributed by atoms with E-state index in [-0.39, 0.29) is 11.9 Å². The largest absolute Gasteiger partial charge is 0.349 e. The SMILES string of the molecule is CC(NC(=O)c1ccc(CCNS(C)(=O)=O)s1)C1CC1. The molecule has 0 aliphatic heterocycles. The highest BCUT2D eigenvalue weighted by atomic mass is 32.2. The maximum absolute atomic E-state index is 12.0. The zero-order valence-electron chi connectivity index (χ0n) is 11.7. The molecule has 1 fully saturated rings. The van der Waals surface area contributed by atoms with Crippen LogP contribution < -0.4 is 10.0 Å². The first-order chi connectivity index (χ1) is 9.35. The van der Waals surface area contributed by atoms with Gasteiger partial charge in [0.05, 0.1) is 11.1 Å². The molecule has 1 aliphatic rings. The Morgan fingerprint density at radius 2 is 2.15 bits per heavy atom. The summed E-state index contributed by atoms with van der Waals surface area (Å²) in [6.07, 6.45) is 4.14. The molecule has 2 N–H and O–H groups in total. The van der Waals surface area contributed by atoms with E-state index in [0.717, 1.165) is 11.1 Å². The molecule has 5 nitrogen and oxygen atoms in total. The zero-order chi connectivity index (χ0) is 14.8. The van der Waals surface area contributed by atoms with Crippen molar-refractivity contribution in [1.29, 1.82) is 0 Å². The van der Waals surface area contributed by atoms with Crippen molar-refractivity contribution >= 4 is 27.3 Å². The molecule has 1 amide bonds. The normalized spacial score (nSPS) is 16.9. The molecule has 1 heterocycles. The minimum absolute atomic E-state index is 0.0308. The summed E-state index contributed by atoms with van der Waals surface area (Å²) in [6, 6.07) is 3.92. The molecule has 1 aromatic heterocycles. The van der Waals surface area contributed by atoms with Crippen LogP contribution in [0.1, 0.15) is 34.3 Å². The van der Waals surface area contributed by atoms with E-state index in [1.165, 1.54) is 24.2 Å². The lowest BCUT2D eigenvalue weighted by molar-refractivity contribution is 0.0940. The number of sulfonamides is 1. The average Bonchev–Trinajstić information content (AvgIpc) is 3.08. The van der Waals surface area contributed by atoms with Gasteiger partial charge in [0.2, 0.25) is 10.0 Å². The van der Waals surface area contributed by atoms with Gasteiger partial charge in [-0.3, -0.25) is 4.79 Å². The number of carbonyl (C=O) groups is 1. The predicted molar refractivity (Wildman–Crippen MR) is 80.5 cm³/mol. The van der Waals surface area contributed by atoms with Crippen LogP contribution in [0.2, 0.25) is 0 Å². The van der Waals surface area contributed by atoms with E-state index < -0.39 is 10.0 Å². The van der Waals surface area contributed by atoms with Gasteiger partial charge in [0, 0.05) is 17.5 Å². The molecule has 1 aliphatic carbocycles. The Morgan fingerprint density at radius 3 is 2.75 bits per heavy atom. The maximum atomic E-state index is 12.0. The molecule has 0 spiro atoms. The summed E-state index contributed by atoms with van der Waals surface area (Å²) in [6.45, 7) is 2.40. The van der Waals surface area contributed by atoms with Gasteiger partial charge in [-0.05, 0) is 44.2 Å². The maximum Gasteiger partial charge on any atom is 0.261 e. The number of thiophene rings is 1. The Morgan fingerprint density at radius 1 is 1.45 bits per heavy atom. The summed E-state index contributed by atoms with van der Waals surface area (Å²) in [4.78, 5) is 13.7. The van der Waals surface area contributed by atoms with Gasteiger partial charge in [-0.25, -0.2) is 13.1 Å². The highest BCUT2D eigenvalue weighted by Crippen LogP contribution is 2.32. The van der Waals surface area contributed by atoms with Gasteiger partial charge in [0.1, 0.15) is 0 Å². The second kappa shape index (κ2) is 6.24. The van der Waals surface area contributed by atoms with Gasteiger partial charge in [0.25, 0.3) is 5.91 Å². The Hall–Kier alpha value is -0.920. The van der Waals surface area contributed by atoms with E-state index in [0.29, 0.717) is 23.8 Å². The van der Waals surface area contributed by atoms with Crippen molar-refractivity contribution < 1.29 is 13.2 Å². The van der Waals surface area contributed by atoms with Crippen LogP contribution in [-0.2, 0) is 16.4 Å². The van der Waals surface area contributed by atoms with E-state index in [1.54, 1.807) is 6.07 Å². The highest BCUT2D eigenvalue weighted by molar-refractivity contribution is 7.88. The van der Waals surface area contributed by atoms with E-state index in [2.05, 4.69) is 10.0 Å². The lowest BCUT2D eigenvalue weighted by Crippen LogP contribution is -2.33. The van der Waals surface area contributed by atoms with Crippen LogP contribution in [0.3, 0.4) is 0 Å². The number of carbonyl (C=O) groups excluding carboxylic acids is 1. The number of nitrogens with one attached hydrogen (secondary N) is 2. The van der Waals surface area contributed by atoms with Crippen molar-refractivity contribution in [2.45, 2.75) is 32.2 Å². The van der Waals surface area contributed by atoms with Gasteiger partial charge in [-0.15, -0.1) is 11.3 Å². The summed E-state index contributed by atoms with van der Waals surface area (Å²) in [5, 5.41) is 3.01. The number of amides is 1. The molecule has 20 heavy (non-hydrogen) atoms. The molecule has 0 saturated heterocycles. The fraction of sp³-hybridized carbons (Fsp3) is 0.615. The van der Waals surface area contributed by atoms with Gasteiger partial charge < -0.3 is 5.32 Å². The van der Waals surface area contributed by atoms with E-state index in [1.807, 2.05) is 13.0 Å². The van der Waals surface area contributed by atoms with Gasteiger partial charge in [-0.2, -0.15) is 0 Å². The summed E-state index contributed by atoms with van der Waals surface area (Å²) in [5.74, 6) is 0.606. The second-order valence-corrected chi connectivity index (χ2v) is 8.28. The van der Waals surface area contributed by atoms with Gasteiger partial charge in [0.15, 0.2) is 0 Å². The van der Waals surface area contributed by atoms with Crippen LogP contribution in [0.5, 0.6) is 0 Å². The van der Waals surface area contributed by atoms with Crippen LogP contribution in [0.15, 0.2) is 12.1 Å². The molecule has 1 unspecified atom stereocenters. The van der Waals surface area contributed by atoms with Crippen molar-refractivity contribution in [2.75, 3.05) is 12.8 Å². The topological polar surface area (TPSA) is 75.3 Å². The first-order valence-corrected chi connectivity index (χ1v) is 9.40. The van der Waals surface area contributed by atoms with Crippen LogP contribution in [-0.4, -0.2) is 33.2 Å². The molecular weight excluding hydrogens is 296 g/mol. The molecule has 7 heteroatoms. The highest BCUT2D eigenvalue weighted by Gasteiger charge is 2.29. The minimum Gasteiger partial charge on any atom is -0.349 e. The Kier molecular flexibility index (Phi) is 4.82. The number of hydrogen-bond donors (Lipinski definition) is 2. The molecule has 112 valence electrons.